The second-order valence-corrected chi connectivity index (χ2v) is 5.21. The first-order valence-corrected chi connectivity index (χ1v) is 7.06. The summed E-state index contributed by atoms with van der Waals surface area (Å²) in [5.74, 6) is -0.263. The van der Waals surface area contributed by atoms with Gasteiger partial charge in [0.15, 0.2) is 11.6 Å². The molecule has 3 N–H and O–H groups in total. The molecule has 0 fully saturated rings. The first kappa shape index (κ1) is 15.9. The van der Waals surface area contributed by atoms with Crippen LogP contribution in [0.15, 0.2) is 36.4 Å². The van der Waals surface area contributed by atoms with Gasteiger partial charge in [0.25, 0.3) is 0 Å². The van der Waals surface area contributed by atoms with Crippen LogP contribution in [0.5, 0.6) is 5.75 Å². The fourth-order valence-corrected chi connectivity index (χ4v) is 2.44. The topological polar surface area (TPSA) is 47.3 Å². The van der Waals surface area contributed by atoms with Crippen LogP contribution in [-0.2, 0) is 0 Å². The van der Waals surface area contributed by atoms with E-state index in [0.717, 1.165) is 5.56 Å². The van der Waals surface area contributed by atoms with E-state index >= 15 is 0 Å². The molecule has 1 unspecified atom stereocenters. The molecule has 0 saturated heterocycles. The number of benzene rings is 2. The summed E-state index contributed by atoms with van der Waals surface area (Å²) in [5, 5.41) is 4.12. The van der Waals surface area contributed by atoms with E-state index in [2.05, 4.69) is 5.32 Å². The zero-order valence-electron chi connectivity index (χ0n) is 11.4. The quantitative estimate of drug-likeness (QED) is 0.862. The normalized spacial score (nSPS) is 12.0. The predicted octanol–water partition coefficient (Wildman–Crippen LogP) is 4.25. The number of nitrogens with two attached hydrogens (primary N) is 1. The van der Waals surface area contributed by atoms with E-state index in [1.807, 2.05) is 6.07 Å². The predicted molar refractivity (Wildman–Crippen MR) is 84.8 cm³/mol. The second-order valence-electron chi connectivity index (χ2n) is 4.42. The maximum Gasteiger partial charge on any atom is 0.165 e. The van der Waals surface area contributed by atoms with Crippen LogP contribution in [0.2, 0.25) is 10.0 Å². The lowest BCUT2D eigenvalue weighted by Gasteiger charge is -2.20. The molecule has 0 saturated carbocycles. The Hall–Kier alpha value is -1.49. The molecule has 0 aliphatic carbocycles. The van der Waals surface area contributed by atoms with Crippen LogP contribution in [0.3, 0.4) is 0 Å². The van der Waals surface area contributed by atoms with Crippen LogP contribution >= 0.6 is 23.2 Å². The van der Waals surface area contributed by atoms with Crippen LogP contribution in [-0.4, -0.2) is 13.7 Å². The van der Waals surface area contributed by atoms with Crippen molar-refractivity contribution < 1.29 is 9.13 Å². The summed E-state index contributed by atoms with van der Waals surface area (Å²) in [6.07, 6.45) is 0. The molecule has 3 nitrogen and oxygen atoms in total. The van der Waals surface area contributed by atoms with Crippen molar-refractivity contribution in [1.29, 1.82) is 0 Å². The highest BCUT2D eigenvalue weighted by atomic mass is 35.5. The molecule has 2 aromatic carbocycles. The molecule has 0 bridgehead atoms. The lowest BCUT2D eigenvalue weighted by Crippen LogP contribution is -2.21. The van der Waals surface area contributed by atoms with Gasteiger partial charge in [-0.05, 0) is 23.8 Å². The molecule has 0 amide bonds. The molecule has 112 valence electrons. The highest BCUT2D eigenvalue weighted by Gasteiger charge is 2.15. The van der Waals surface area contributed by atoms with Crippen molar-refractivity contribution >= 4 is 28.9 Å². The number of rotatable bonds is 5. The Morgan fingerprint density at radius 1 is 1.29 bits per heavy atom. The van der Waals surface area contributed by atoms with Gasteiger partial charge in [-0.1, -0.05) is 35.3 Å². The third-order valence-electron chi connectivity index (χ3n) is 3.08. The van der Waals surface area contributed by atoms with Crippen molar-refractivity contribution in [3.8, 4) is 5.75 Å². The summed E-state index contributed by atoms with van der Waals surface area (Å²) >= 11 is 12.2. The van der Waals surface area contributed by atoms with Gasteiger partial charge in [0.05, 0.1) is 23.2 Å². The van der Waals surface area contributed by atoms with E-state index in [-0.39, 0.29) is 11.8 Å². The minimum atomic E-state index is -0.423. The molecular formula is C15H15Cl2FN2O. The lowest BCUT2D eigenvalue weighted by atomic mass is 10.1. The number of hydrogen-bond acceptors (Lipinski definition) is 3. The van der Waals surface area contributed by atoms with Gasteiger partial charge < -0.3 is 15.8 Å². The summed E-state index contributed by atoms with van der Waals surface area (Å²) < 4.78 is 18.4. The van der Waals surface area contributed by atoms with E-state index in [4.69, 9.17) is 33.7 Å². The van der Waals surface area contributed by atoms with Crippen molar-refractivity contribution in [1.82, 2.24) is 0 Å². The van der Waals surface area contributed by atoms with E-state index in [0.29, 0.717) is 22.3 Å². The molecule has 0 spiro atoms. The van der Waals surface area contributed by atoms with Gasteiger partial charge in [-0.15, -0.1) is 0 Å². The molecule has 0 aromatic heterocycles. The van der Waals surface area contributed by atoms with Crippen molar-refractivity contribution in [2.45, 2.75) is 6.04 Å². The number of anilines is 1. The SMILES string of the molecule is COc1cc(NC(CN)c2cccc(Cl)c2Cl)ccc1F. The largest absolute Gasteiger partial charge is 0.494 e. The summed E-state index contributed by atoms with van der Waals surface area (Å²) in [7, 11) is 1.41. The smallest absolute Gasteiger partial charge is 0.165 e. The van der Waals surface area contributed by atoms with Gasteiger partial charge >= 0.3 is 0 Å². The Bertz CT molecular complexity index is 637. The average molecular weight is 329 g/mol. The summed E-state index contributed by atoms with van der Waals surface area (Å²) in [5.41, 5.74) is 7.27. The first-order valence-electron chi connectivity index (χ1n) is 6.31. The molecule has 0 heterocycles. The summed E-state index contributed by atoms with van der Waals surface area (Å²) in [6.45, 7) is 0.305. The van der Waals surface area contributed by atoms with Gasteiger partial charge in [-0.3, -0.25) is 0 Å². The lowest BCUT2D eigenvalue weighted by molar-refractivity contribution is 0.386. The summed E-state index contributed by atoms with van der Waals surface area (Å²) in [6, 6.07) is 9.62. The Kier molecular flexibility index (Phi) is 5.28. The standard InChI is InChI=1S/C15H15Cl2FN2O/c1-21-14-7-9(5-6-12(14)18)20-13(8-19)10-3-2-4-11(16)15(10)17/h2-7,13,20H,8,19H2,1H3. The van der Waals surface area contributed by atoms with Crippen molar-refractivity contribution in [3.05, 3.63) is 57.8 Å². The molecule has 21 heavy (non-hydrogen) atoms. The molecule has 2 aromatic rings. The molecule has 1 atom stereocenters. The van der Waals surface area contributed by atoms with Crippen LogP contribution in [0.4, 0.5) is 10.1 Å². The van der Waals surface area contributed by atoms with Gasteiger partial charge in [0.2, 0.25) is 0 Å². The number of methoxy groups -OCH3 is 1. The van der Waals surface area contributed by atoms with Crippen molar-refractivity contribution in [2.75, 3.05) is 19.0 Å². The third kappa shape index (κ3) is 3.59. The fraction of sp³-hybridized carbons (Fsp3) is 0.200. The Labute approximate surface area is 132 Å². The maximum absolute atomic E-state index is 13.4. The Morgan fingerprint density at radius 3 is 2.71 bits per heavy atom. The zero-order chi connectivity index (χ0) is 15.4. The van der Waals surface area contributed by atoms with E-state index in [9.17, 15) is 4.39 Å². The highest BCUT2D eigenvalue weighted by molar-refractivity contribution is 6.42. The maximum atomic E-state index is 13.4. The summed E-state index contributed by atoms with van der Waals surface area (Å²) in [4.78, 5) is 0. The number of nitrogens with one attached hydrogen (secondary N) is 1. The Morgan fingerprint density at radius 2 is 2.05 bits per heavy atom. The van der Waals surface area contributed by atoms with Gasteiger partial charge in [0.1, 0.15) is 0 Å². The molecule has 2 rings (SSSR count). The van der Waals surface area contributed by atoms with Gasteiger partial charge in [-0.2, -0.15) is 0 Å². The molecular weight excluding hydrogens is 314 g/mol. The number of halogens is 3. The van der Waals surface area contributed by atoms with Crippen molar-refractivity contribution in [3.63, 3.8) is 0 Å². The second kappa shape index (κ2) is 6.98. The number of hydrogen-bond donors (Lipinski definition) is 2. The molecule has 0 aliphatic heterocycles. The van der Waals surface area contributed by atoms with Crippen molar-refractivity contribution in [2.24, 2.45) is 5.73 Å². The fourth-order valence-electron chi connectivity index (χ4n) is 2.00. The minimum absolute atomic E-state index is 0.160. The van der Waals surface area contributed by atoms with Gasteiger partial charge in [0, 0.05) is 18.3 Å². The van der Waals surface area contributed by atoms with E-state index < -0.39 is 5.82 Å². The minimum Gasteiger partial charge on any atom is -0.494 e. The van der Waals surface area contributed by atoms with Crippen LogP contribution in [0, 0.1) is 5.82 Å². The highest BCUT2D eigenvalue weighted by Crippen LogP contribution is 2.32. The Balaban J connectivity index is 2.29. The average Bonchev–Trinajstić information content (AvgIpc) is 2.49. The zero-order valence-corrected chi connectivity index (χ0v) is 12.9. The molecule has 0 aliphatic rings. The third-order valence-corrected chi connectivity index (χ3v) is 3.92. The van der Waals surface area contributed by atoms with E-state index in [1.54, 1.807) is 24.3 Å². The van der Waals surface area contributed by atoms with Crippen LogP contribution in [0.1, 0.15) is 11.6 Å². The van der Waals surface area contributed by atoms with Gasteiger partial charge in [-0.25, -0.2) is 4.39 Å². The molecule has 6 heteroatoms. The monoisotopic (exact) mass is 328 g/mol. The van der Waals surface area contributed by atoms with E-state index in [1.165, 1.54) is 13.2 Å². The van der Waals surface area contributed by atoms with Crippen LogP contribution < -0.4 is 15.8 Å². The van der Waals surface area contributed by atoms with Crippen LogP contribution in [0.25, 0.3) is 0 Å². The molecule has 0 radical (unpaired) electrons. The first-order chi connectivity index (χ1) is 10.1. The number of ether oxygens (including phenoxy) is 1.